The summed E-state index contributed by atoms with van der Waals surface area (Å²) < 4.78 is 0. The molecular weight excluding hydrogens is 410 g/mol. The first-order valence-electron chi connectivity index (χ1n) is 10.0. The molecule has 2 aromatic heterocycles. The zero-order chi connectivity index (χ0) is 23.3. The van der Waals surface area contributed by atoms with Gasteiger partial charge in [0.2, 0.25) is 11.9 Å². The van der Waals surface area contributed by atoms with Gasteiger partial charge in [-0.1, -0.05) is 26.0 Å². The highest BCUT2D eigenvalue weighted by Crippen LogP contribution is 2.23. The second-order valence-corrected chi connectivity index (χ2v) is 7.67. The van der Waals surface area contributed by atoms with Gasteiger partial charge in [-0.3, -0.25) is 24.4 Å². The number of carbonyl (C=O) groups is 2. The summed E-state index contributed by atoms with van der Waals surface area (Å²) in [6.45, 7) is 3.87. The van der Waals surface area contributed by atoms with Gasteiger partial charge in [0, 0.05) is 18.1 Å². The Labute approximate surface area is 184 Å². The quantitative estimate of drug-likeness (QED) is 0.342. The number of hydrogen-bond donors (Lipinski definition) is 5. The topological polar surface area (TPSA) is 169 Å². The fraction of sp³-hybridized carbons (Fsp3) is 0.227. The lowest BCUT2D eigenvalue weighted by atomic mass is 10.0. The highest BCUT2D eigenvalue weighted by Gasteiger charge is 2.21. The third-order valence-electron chi connectivity index (χ3n) is 4.69. The molecule has 0 spiro atoms. The molecule has 7 N–H and O–H groups in total. The first kappa shape index (κ1) is 22.5. The number of rotatable bonds is 9. The summed E-state index contributed by atoms with van der Waals surface area (Å²) >= 11 is 0. The average molecular weight is 435 g/mol. The van der Waals surface area contributed by atoms with E-state index >= 15 is 0 Å². The van der Waals surface area contributed by atoms with Gasteiger partial charge >= 0.3 is 0 Å². The third kappa shape index (κ3) is 5.48. The van der Waals surface area contributed by atoms with E-state index in [-0.39, 0.29) is 23.2 Å². The second kappa shape index (κ2) is 9.73. The summed E-state index contributed by atoms with van der Waals surface area (Å²) in [5, 5.41) is 5.79. The molecule has 1 atom stereocenters. The molecule has 3 rings (SSSR count). The molecule has 2 heterocycles. The Morgan fingerprint density at radius 3 is 2.22 bits per heavy atom. The van der Waals surface area contributed by atoms with Crippen molar-refractivity contribution in [3.8, 4) is 11.1 Å². The van der Waals surface area contributed by atoms with Crippen LogP contribution in [0.1, 0.15) is 30.6 Å². The van der Waals surface area contributed by atoms with Crippen LogP contribution in [0.4, 0.5) is 17.5 Å². The van der Waals surface area contributed by atoms with Crippen LogP contribution in [0.15, 0.2) is 53.6 Å². The number of nitrogens with zero attached hydrogens (tertiary/aromatic N) is 2. The van der Waals surface area contributed by atoms with Crippen LogP contribution in [-0.2, 0) is 4.79 Å². The Morgan fingerprint density at radius 1 is 1.03 bits per heavy atom. The summed E-state index contributed by atoms with van der Waals surface area (Å²) in [5.41, 5.74) is 12.3. The molecule has 0 aliphatic carbocycles. The number of amides is 2. The molecule has 0 unspecified atom stereocenters. The van der Waals surface area contributed by atoms with Crippen LogP contribution in [0.25, 0.3) is 11.1 Å². The Kier molecular flexibility index (Phi) is 6.83. The number of nitrogens with two attached hydrogens (primary N) is 2. The van der Waals surface area contributed by atoms with Crippen molar-refractivity contribution in [3.63, 3.8) is 0 Å². The van der Waals surface area contributed by atoms with Gasteiger partial charge in [-0.05, 0) is 47.7 Å². The van der Waals surface area contributed by atoms with Crippen LogP contribution in [0.3, 0.4) is 0 Å². The van der Waals surface area contributed by atoms with Crippen LogP contribution >= 0.6 is 0 Å². The van der Waals surface area contributed by atoms with Gasteiger partial charge in [0.1, 0.15) is 11.6 Å². The molecule has 10 heteroatoms. The minimum absolute atomic E-state index is 0.000329. The molecule has 0 fully saturated rings. The highest BCUT2D eigenvalue weighted by atomic mass is 16.2. The molecule has 166 valence electrons. The van der Waals surface area contributed by atoms with Crippen LogP contribution in [0.2, 0.25) is 0 Å². The number of nitrogens with one attached hydrogen (secondary N) is 3. The van der Waals surface area contributed by atoms with Crippen LogP contribution < -0.4 is 27.7 Å². The zero-order valence-corrected chi connectivity index (χ0v) is 17.8. The largest absolute Gasteiger partial charge is 0.368 e. The van der Waals surface area contributed by atoms with Gasteiger partial charge in [0.25, 0.3) is 11.5 Å². The van der Waals surface area contributed by atoms with Crippen molar-refractivity contribution < 1.29 is 9.59 Å². The maximum Gasteiger partial charge on any atom is 0.267 e. The van der Waals surface area contributed by atoms with Crippen LogP contribution in [-0.4, -0.2) is 32.8 Å². The molecule has 0 aliphatic rings. The van der Waals surface area contributed by atoms with Crippen molar-refractivity contribution in [1.29, 1.82) is 0 Å². The van der Waals surface area contributed by atoms with E-state index < -0.39 is 23.4 Å². The Bertz CT molecular complexity index is 1160. The molecule has 3 aromatic rings. The number of carbonyl (C=O) groups excluding carboxylic acids is 2. The smallest absolute Gasteiger partial charge is 0.267 e. The Balaban J connectivity index is 1.91. The fourth-order valence-electron chi connectivity index (χ4n) is 3.17. The molecule has 0 saturated heterocycles. The van der Waals surface area contributed by atoms with E-state index in [9.17, 15) is 14.4 Å². The van der Waals surface area contributed by atoms with Gasteiger partial charge in [0.05, 0.1) is 0 Å². The number of pyridine rings is 1. The second-order valence-electron chi connectivity index (χ2n) is 7.67. The number of H-pyrrole nitrogens is 1. The molecule has 2 amide bonds. The molecule has 10 nitrogen and oxygen atoms in total. The van der Waals surface area contributed by atoms with Gasteiger partial charge < -0.3 is 22.1 Å². The zero-order valence-electron chi connectivity index (χ0n) is 17.8. The SMILES string of the molecule is CC(C)C[C@@H](Nc1nc(Nc2ccc(-c3ccncc3)cc2)c(C(N)=O)c(=O)[nH]1)C(N)=O. The van der Waals surface area contributed by atoms with Gasteiger partial charge in [0.15, 0.2) is 5.82 Å². The van der Waals surface area contributed by atoms with E-state index in [1.807, 2.05) is 38.1 Å². The standard InChI is InChI=1S/C22H25N7O3/c1-12(2)11-16(18(23)30)27-22-28-20(17(19(24)31)21(32)29-22)26-15-5-3-13(4-6-15)14-7-9-25-10-8-14/h3-10,12,16H,11H2,1-2H3,(H2,23,30)(H2,24,31)(H3,26,27,28,29,32)/t16-/m1/s1. The Hall–Kier alpha value is -4.21. The van der Waals surface area contributed by atoms with Gasteiger partial charge in [-0.25, -0.2) is 0 Å². The van der Waals surface area contributed by atoms with Crippen molar-refractivity contribution >= 4 is 29.3 Å². The highest BCUT2D eigenvalue weighted by molar-refractivity contribution is 5.98. The van der Waals surface area contributed by atoms with Crippen molar-refractivity contribution in [2.45, 2.75) is 26.3 Å². The average Bonchev–Trinajstić information content (AvgIpc) is 2.73. The number of benzene rings is 1. The first-order valence-corrected chi connectivity index (χ1v) is 10.0. The number of primary amides is 2. The molecular formula is C22H25N7O3. The fourth-order valence-corrected chi connectivity index (χ4v) is 3.17. The lowest BCUT2D eigenvalue weighted by Crippen LogP contribution is -2.38. The van der Waals surface area contributed by atoms with E-state index in [4.69, 9.17) is 11.5 Å². The van der Waals surface area contributed by atoms with E-state index in [0.29, 0.717) is 12.1 Å². The van der Waals surface area contributed by atoms with Crippen molar-refractivity contribution in [1.82, 2.24) is 15.0 Å². The lowest BCUT2D eigenvalue weighted by Gasteiger charge is -2.18. The molecule has 1 aromatic carbocycles. The third-order valence-corrected chi connectivity index (χ3v) is 4.69. The number of hydrogen-bond acceptors (Lipinski definition) is 7. The summed E-state index contributed by atoms with van der Waals surface area (Å²) in [7, 11) is 0. The lowest BCUT2D eigenvalue weighted by molar-refractivity contribution is -0.119. The summed E-state index contributed by atoms with van der Waals surface area (Å²) in [4.78, 5) is 46.9. The predicted octanol–water partition coefficient (Wildman–Crippen LogP) is 1.99. The minimum atomic E-state index is -0.935. The number of aromatic amines is 1. The molecule has 32 heavy (non-hydrogen) atoms. The van der Waals surface area contributed by atoms with Crippen molar-refractivity contribution in [2.24, 2.45) is 17.4 Å². The van der Waals surface area contributed by atoms with Crippen molar-refractivity contribution in [2.75, 3.05) is 10.6 Å². The molecule has 0 radical (unpaired) electrons. The van der Waals surface area contributed by atoms with Gasteiger partial charge in [-0.15, -0.1) is 0 Å². The van der Waals surface area contributed by atoms with Gasteiger partial charge in [-0.2, -0.15) is 4.98 Å². The summed E-state index contributed by atoms with van der Waals surface area (Å²) in [6, 6.07) is 10.3. The minimum Gasteiger partial charge on any atom is -0.368 e. The first-order chi connectivity index (χ1) is 15.2. The van der Waals surface area contributed by atoms with Crippen LogP contribution in [0.5, 0.6) is 0 Å². The van der Waals surface area contributed by atoms with E-state index in [0.717, 1.165) is 11.1 Å². The monoisotopic (exact) mass is 435 g/mol. The maximum atomic E-state index is 12.5. The van der Waals surface area contributed by atoms with E-state index in [1.165, 1.54) is 0 Å². The van der Waals surface area contributed by atoms with Crippen LogP contribution in [0, 0.1) is 5.92 Å². The molecule has 0 bridgehead atoms. The Morgan fingerprint density at radius 2 is 1.66 bits per heavy atom. The normalized spacial score (nSPS) is 11.7. The molecule has 0 aliphatic heterocycles. The molecule has 0 saturated carbocycles. The summed E-state index contributed by atoms with van der Waals surface area (Å²) in [6.07, 6.45) is 3.85. The predicted molar refractivity (Wildman–Crippen MR) is 122 cm³/mol. The summed E-state index contributed by atoms with van der Waals surface area (Å²) in [5.74, 6) is -1.38. The maximum absolute atomic E-state index is 12.5. The number of aromatic nitrogens is 3. The van der Waals surface area contributed by atoms with E-state index in [1.54, 1.807) is 24.5 Å². The van der Waals surface area contributed by atoms with E-state index in [2.05, 4.69) is 25.6 Å². The van der Waals surface area contributed by atoms with Crippen molar-refractivity contribution in [3.05, 3.63) is 64.7 Å². The number of anilines is 3.